The third-order valence-corrected chi connectivity index (χ3v) is 8.60. The van der Waals surface area contributed by atoms with Crippen molar-refractivity contribution in [3.8, 4) is 11.8 Å². The Morgan fingerprint density at radius 3 is 2.14 bits per heavy atom. The summed E-state index contributed by atoms with van der Waals surface area (Å²) in [5.41, 5.74) is 1.02. The van der Waals surface area contributed by atoms with Crippen LogP contribution >= 0.6 is 0 Å². The van der Waals surface area contributed by atoms with Crippen LogP contribution in [0.2, 0.25) is 0 Å². The Morgan fingerprint density at radius 2 is 1.58 bits per heavy atom. The third-order valence-electron chi connectivity index (χ3n) is 8.60. The molecule has 0 saturated heterocycles. The Morgan fingerprint density at radius 1 is 0.972 bits per heavy atom. The minimum Gasteiger partial charge on any atom is -0.478 e. The fourth-order valence-corrected chi connectivity index (χ4v) is 6.07. The molecule has 3 rings (SSSR count). The lowest BCUT2D eigenvalue weighted by Gasteiger charge is -2.35. The molecule has 0 aromatic heterocycles. The van der Waals surface area contributed by atoms with Crippen molar-refractivity contribution in [2.75, 3.05) is 18.0 Å². The zero-order valence-corrected chi connectivity index (χ0v) is 23.1. The average Bonchev–Trinajstić information content (AvgIpc) is 2.85. The minimum atomic E-state index is -1.20. The fourth-order valence-electron chi connectivity index (χ4n) is 6.07. The Hall–Kier alpha value is -2.02. The number of carboxylic acid groups (broad SMARTS) is 1. The van der Waals surface area contributed by atoms with Crippen LogP contribution in [-0.2, 0) is 0 Å². The number of benzene rings is 1. The lowest BCUT2D eigenvalue weighted by Crippen LogP contribution is -2.32. The van der Waals surface area contributed by atoms with Gasteiger partial charge in [0.1, 0.15) is 5.82 Å². The van der Waals surface area contributed by atoms with Crippen molar-refractivity contribution >= 4 is 11.7 Å². The first kappa shape index (κ1) is 28.5. The number of aromatic carboxylic acids is 1. The standard InChI is InChI=1S/C32H48FNO2/c1-5-6-7-8-21-34(28-19-20-30(33)29(22-28)31(35)36)23-26-13-11-24(12-14-26)9-10-25-15-17-27(18-16-25)32(2,3)4/h19-20,22,24-27H,5-8,11-18,21,23H2,1-4H3,(H,35,36). The molecule has 2 aliphatic carbocycles. The van der Waals surface area contributed by atoms with Gasteiger partial charge < -0.3 is 10.0 Å². The van der Waals surface area contributed by atoms with Gasteiger partial charge >= 0.3 is 5.97 Å². The van der Waals surface area contributed by atoms with Gasteiger partial charge in [0.15, 0.2) is 0 Å². The Balaban J connectivity index is 1.54. The first-order valence-corrected chi connectivity index (χ1v) is 14.5. The first-order valence-electron chi connectivity index (χ1n) is 14.5. The molecular weight excluding hydrogens is 449 g/mol. The fraction of sp³-hybridized carbons (Fsp3) is 0.719. The molecule has 3 nitrogen and oxygen atoms in total. The van der Waals surface area contributed by atoms with Crippen LogP contribution in [0.25, 0.3) is 0 Å². The molecule has 2 aliphatic rings. The maximum absolute atomic E-state index is 14.0. The molecule has 0 aliphatic heterocycles. The van der Waals surface area contributed by atoms with E-state index in [-0.39, 0.29) is 5.56 Å². The summed E-state index contributed by atoms with van der Waals surface area (Å²) in [6.07, 6.45) is 14.4. The number of hydrogen-bond donors (Lipinski definition) is 1. The van der Waals surface area contributed by atoms with Crippen LogP contribution in [0.3, 0.4) is 0 Å². The van der Waals surface area contributed by atoms with Gasteiger partial charge in [-0.15, -0.1) is 0 Å². The Labute approximate surface area is 219 Å². The van der Waals surface area contributed by atoms with Crippen LogP contribution in [0.4, 0.5) is 10.1 Å². The summed E-state index contributed by atoms with van der Waals surface area (Å²) in [5.74, 6) is 7.96. The van der Waals surface area contributed by atoms with Crippen molar-refractivity contribution in [2.45, 2.75) is 105 Å². The van der Waals surface area contributed by atoms with Crippen molar-refractivity contribution < 1.29 is 14.3 Å². The van der Waals surface area contributed by atoms with E-state index in [2.05, 4.69) is 44.4 Å². The van der Waals surface area contributed by atoms with E-state index < -0.39 is 11.8 Å². The first-order chi connectivity index (χ1) is 17.2. The number of carbonyl (C=O) groups is 1. The predicted octanol–water partition coefficient (Wildman–Crippen LogP) is 8.57. The van der Waals surface area contributed by atoms with E-state index in [9.17, 15) is 14.3 Å². The lowest BCUT2D eigenvalue weighted by atomic mass is 9.70. The molecule has 0 atom stereocenters. The maximum atomic E-state index is 14.0. The van der Waals surface area contributed by atoms with Crippen LogP contribution in [-0.4, -0.2) is 24.2 Å². The summed E-state index contributed by atoms with van der Waals surface area (Å²) in [7, 11) is 0. The number of carboxylic acids is 1. The van der Waals surface area contributed by atoms with Gasteiger partial charge in [0.05, 0.1) is 5.56 Å². The summed E-state index contributed by atoms with van der Waals surface area (Å²) < 4.78 is 14.0. The Kier molecular flexibility index (Phi) is 10.7. The highest BCUT2D eigenvalue weighted by atomic mass is 19.1. The van der Waals surface area contributed by atoms with Crippen LogP contribution in [0.15, 0.2) is 18.2 Å². The highest BCUT2D eigenvalue weighted by molar-refractivity contribution is 5.89. The van der Waals surface area contributed by atoms with Crippen molar-refractivity contribution in [3.63, 3.8) is 0 Å². The molecule has 1 aromatic carbocycles. The lowest BCUT2D eigenvalue weighted by molar-refractivity contribution is 0.0692. The number of hydrogen-bond acceptors (Lipinski definition) is 2. The number of anilines is 1. The second-order valence-corrected chi connectivity index (χ2v) is 12.4. The normalized spacial score (nSPS) is 24.6. The van der Waals surface area contributed by atoms with Crippen molar-refractivity contribution in [1.82, 2.24) is 0 Å². The summed E-state index contributed by atoms with van der Waals surface area (Å²) in [5, 5.41) is 9.39. The number of nitrogens with zero attached hydrogens (tertiary/aromatic N) is 1. The monoisotopic (exact) mass is 497 g/mol. The quantitative estimate of drug-likeness (QED) is 0.274. The molecule has 1 N–H and O–H groups in total. The zero-order chi connectivity index (χ0) is 26.1. The van der Waals surface area contributed by atoms with E-state index in [1.54, 1.807) is 6.07 Å². The second-order valence-electron chi connectivity index (χ2n) is 12.4. The molecule has 0 spiro atoms. The minimum absolute atomic E-state index is 0.235. The van der Waals surface area contributed by atoms with Crippen molar-refractivity contribution in [2.24, 2.45) is 29.1 Å². The second kappa shape index (κ2) is 13.5. The van der Waals surface area contributed by atoms with E-state index in [0.717, 1.165) is 56.8 Å². The van der Waals surface area contributed by atoms with E-state index in [0.29, 0.717) is 23.2 Å². The summed E-state index contributed by atoms with van der Waals surface area (Å²) in [4.78, 5) is 13.8. The highest BCUT2D eigenvalue weighted by Crippen LogP contribution is 2.40. The molecule has 2 saturated carbocycles. The van der Waals surface area contributed by atoms with Gasteiger partial charge in [-0.1, -0.05) is 58.8 Å². The molecular formula is C32H48FNO2. The number of rotatable bonds is 9. The van der Waals surface area contributed by atoms with Gasteiger partial charge in [-0.05, 0) is 93.2 Å². The summed E-state index contributed by atoms with van der Waals surface area (Å²) >= 11 is 0. The largest absolute Gasteiger partial charge is 0.478 e. The highest BCUT2D eigenvalue weighted by Gasteiger charge is 2.29. The van der Waals surface area contributed by atoms with E-state index in [4.69, 9.17) is 0 Å². The van der Waals surface area contributed by atoms with Crippen LogP contribution in [0.1, 0.15) is 115 Å². The molecule has 0 radical (unpaired) electrons. The van der Waals surface area contributed by atoms with Crippen molar-refractivity contribution in [1.29, 1.82) is 0 Å². The molecule has 36 heavy (non-hydrogen) atoms. The predicted molar refractivity (Wildman–Crippen MR) is 148 cm³/mol. The zero-order valence-electron chi connectivity index (χ0n) is 23.1. The Bertz CT molecular complexity index is 893. The third kappa shape index (κ3) is 8.53. The van der Waals surface area contributed by atoms with E-state index >= 15 is 0 Å². The molecule has 4 heteroatoms. The molecule has 2 fully saturated rings. The smallest absolute Gasteiger partial charge is 0.338 e. The van der Waals surface area contributed by atoms with Gasteiger partial charge in [-0.25, -0.2) is 9.18 Å². The topological polar surface area (TPSA) is 40.5 Å². The van der Waals surface area contributed by atoms with Crippen molar-refractivity contribution in [3.05, 3.63) is 29.6 Å². The van der Waals surface area contributed by atoms with Gasteiger partial charge in [-0.3, -0.25) is 0 Å². The maximum Gasteiger partial charge on any atom is 0.338 e. The number of unbranched alkanes of at least 4 members (excludes halogenated alkanes) is 3. The molecule has 1 aromatic rings. The molecule has 0 bridgehead atoms. The van der Waals surface area contributed by atoms with E-state index in [1.165, 1.54) is 57.1 Å². The van der Waals surface area contributed by atoms with E-state index in [1.807, 2.05) is 0 Å². The average molecular weight is 498 g/mol. The van der Waals surface area contributed by atoms with Crippen LogP contribution in [0.5, 0.6) is 0 Å². The van der Waals surface area contributed by atoms with Gasteiger partial charge in [0, 0.05) is 30.6 Å². The molecule has 0 unspecified atom stereocenters. The summed E-state index contributed by atoms with van der Waals surface area (Å²) in [6.45, 7) is 11.1. The van der Waals surface area contributed by atoms with Crippen LogP contribution < -0.4 is 4.90 Å². The molecule has 0 amide bonds. The van der Waals surface area contributed by atoms with Gasteiger partial charge in [0.2, 0.25) is 0 Å². The SMILES string of the molecule is CCCCCCN(CC1CCC(C#CC2CCC(C(C)(C)C)CC2)CC1)c1ccc(F)c(C(=O)O)c1. The van der Waals surface area contributed by atoms with Gasteiger partial charge in [0.25, 0.3) is 0 Å². The number of halogens is 1. The van der Waals surface area contributed by atoms with Gasteiger partial charge in [-0.2, -0.15) is 0 Å². The van der Waals surface area contributed by atoms with Crippen LogP contribution in [0, 0.1) is 46.7 Å². The molecule has 0 heterocycles. The summed E-state index contributed by atoms with van der Waals surface area (Å²) in [6, 6.07) is 4.56. The molecule has 200 valence electrons.